The smallest absolute Gasteiger partial charge is 0.407 e. The lowest BCUT2D eigenvalue weighted by atomic mass is 9.74. The highest BCUT2D eigenvalue weighted by atomic mass is 16.6. The normalized spacial score (nSPS) is 28.1. The highest BCUT2D eigenvalue weighted by Crippen LogP contribution is 2.47. The summed E-state index contributed by atoms with van der Waals surface area (Å²) in [6.07, 6.45) is 9.45. The highest BCUT2D eigenvalue weighted by molar-refractivity contribution is 5.67. The maximum Gasteiger partial charge on any atom is 0.407 e. The second-order valence-electron chi connectivity index (χ2n) is 7.77. The molecule has 2 N–H and O–H groups in total. The van der Waals surface area contributed by atoms with Crippen molar-refractivity contribution in [1.29, 1.82) is 0 Å². The van der Waals surface area contributed by atoms with Gasteiger partial charge in [0.1, 0.15) is 6.10 Å². The van der Waals surface area contributed by atoms with Crippen LogP contribution >= 0.6 is 0 Å². The van der Waals surface area contributed by atoms with Gasteiger partial charge in [-0.2, -0.15) is 0 Å². The van der Waals surface area contributed by atoms with Crippen LogP contribution in [0.1, 0.15) is 78.1 Å². The van der Waals surface area contributed by atoms with Gasteiger partial charge in [-0.05, 0) is 44.9 Å². The number of amides is 1. The molecule has 2 bridgehead atoms. The zero-order valence-corrected chi connectivity index (χ0v) is 16.2. The van der Waals surface area contributed by atoms with Gasteiger partial charge < -0.3 is 19.9 Å². The van der Waals surface area contributed by atoms with Crippen molar-refractivity contribution >= 4 is 12.1 Å². The average Bonchev–Trinajstić information content (AvgIpc) is 3.19. The molecule has 0 aromatic rings. The van der Waals surface area contributed by atoms with Gasteiger partial charge in [-0.3, -0.25) is 4.79 Å². The number of unbranched alkanes of at least 4 members (excludes halogenated alkanes) is 4. The molecule has 2 heterocycles. The lowest BCUT2D eigenvalue weighted by molar-refractivity contribution is -0.137. The summed E-state index contributed by atoms with van der Waals surface area (Å²) in [6, 6.07) is 0. The molecule has 2 aliphatic heterocycles. The van der Waals surface area contributed by atoms with E-state index in [0.29, 0.717) is 18.6 Å². The number of hydrogen-bond acceptors (Lipinski definition) is 4. The van der Waals surface area contributed by atoms with Crippen LogP contribution in [0, 0.1) is 11.8 Å². The summed E-state index contributed by atoms with van der Waals surface area (Å²) < 4.78 is 11.8. The van der Waals surface area contributed by atoms with Crippen LogP contribution in [-0.4, -0.2) is 42.0 Å². The van der Waals surface area contributed by atoms with Crippen molar-refractivity contribution in [2.75, 3.05) is 6.54 Å². The minimum Gasteiger partial charge on any atom is -0.481 e. The molecule has 26 heavy (non-hydrogen) atoms. The number of carboxylic acid groups (broad SMARTS) is 1. The van der Waals surface area contributed by atoms with Crippen LogP contribution in [0.25, 0.3) is 0 Å². The first-order valence-corrected chi connectivity index (χ1v) is 10.3. The van der Waals surface area contributed by atoms with Gasteiger partial charge in [0.2, 0.25) is 0 Å². The fourth-order valence-corrected chi connectivity index (χ4v) is 4.51. The predicted molar refractivity (Wildman–Crippen MR) is 99.1 cm³/mol. The Bertz CT molecular complexity index is 455. The summed E-state index contributed by atoms with van der Waals surface area (Å²) in [7, 11) is 0. The summed E-state index contributed by atoms with van der Waals surface area (Å²) in [5, 5.41) is 11.5. The van der Waals surface area contributed by atoms with Crippen molar-refractivity contribution in [1.82, 2.24) is 5.32 Å². The van der Waals surface area contributed by atoms with Gasteiger partial charge >= 0.3 is 12.1 Å². The average molecular weight is 370 g/mol. The van der Waals surface area contributed by atoms with E-state index in [2.05, 4.69) is 12.2 Å². The van der Waals surface area contributed by atoms with Gasteiger partial charge in [0, 0.05) is 18.9 Å². The predicted octanol–water partition coefficient (Wildman–Crippen LogP) is 4.12. The molecule has 6 nitrogen and oxygen atoms in total. The van der Waals surface area contributed by atoms with E-state index in [4.69, 9.17) is 14.6 Å². The summed E-state index contributed by atoms with van der Waals surface area (Å²) in [5.74, 6) is 0.0195. The Kier molecular flexibility index (Phi) is 8.69. The number of carboxylic acids is 1. The number of nitrogens with one attached hydrogen (secondary N) is 1. The SMILES string of the molecule is CCCCNC(=O)OC(C)C1C2CCC(O2)C1CCCCCCC(=O)O. The first-order chi connectivity index (χ1) is 12.5. The molecule has 6 heteroatoms. The van der Waals surface area contributed by atoms with Crippen LogP contribution in [0.5, 0.6) is 0 Å². The number of aliphatic carboxylic acids is 1. The molecule has 5 atom stereocenters. The second-order valence-corrected chi connectivity index (χ2v) is 7.77. The molecular formula is C20H35NO5. The van der Waals surface area contributed by atoms with E-state index in [-0.39, 0.29) is 30.6 Å². The summed E-state index contributed by atoms with van der Waals surface area (Å²) in [5.41, 5.74) is 0. The van der Waals surface area contributed by atoms with Gasteiger partial charge in [-0.25, -0.2) is 4.79 Å². The van der Waals surface area contributed by atoms with Gasteiger partial charge in [0.05, 0.1) is 12.2 Å². The number of carbonyl (C=O) groups is 2. The number of ether oxygens (including phenoxy) is 2. The van der Waals surface area contributed by atoms with E-state index in [0.717, 1.165) is 57.8 Å². The first-order valence-electron chi connectivity index (χ1n) is 10.3. The fraction of sp³-hybridized carbons (Fsp3) is 0.900. The topological polar surface area (TPSA) is 84.9 Å². The van der Waals surface area contributed by atoms with E-state index in [1.165, 1.54) is 0 Å². The molecule has 0 spiro atoms. The van der Waals surface area contributed by atoms with Crippen molar-refractivity contribution in [3.8, 4) is 0 Å². The molecule has 2 aliphatic rings. The molecule has 0 saturated carbocycles. The van der Waals surface area contributed by atoms with Gasteiger partial charge in [0.25, 0.3) is 0 Å². The Morgan fingerprint density at radius 3 is 2.62 bits per heavy atom. The van der Waals surface area contributed by atoms with E-state index >= 15 is 0 Å². The summed E-state index contributed by atoms with van der Waals surface area (Å²) in [6.45, 7) is 4.75. The van der Waals surface area contributed by atoms with Crippen molar-refractivity contribution in [2.45, 2.75) is 96.4 Å². The zero-order chi connectivity index (χ0) is 18.9. The largest absolute Gasteiger partial charge is 0.481 e. The number of alkyl carbamates (subject to hydrolysis) is 1. The maximum absolute atomic E-state index is 12.0. The molecule has 2 fully saturated rings. The maximum atomic E-state index is 12.0. The Balaban J connectivity index is 1.74. The lowest BCUT2D eigenvalue weighted by Crippen LogP contribution is -2.39. The molecule has 5 unspecified atom stereocenters. The van der Waals surface area contributed by atoms with Gasteiger partial charge in [-0.15, -0.1) is 0 Å². The third-order valence-corrected chi connectivity index (χ3v) is 5.80. The van der Waals surface area contributed by atoms with Crippen molar-refractivity contribution in [2.24, 2.45) is 11.8 Å². The molecule has 0 aliphatic carbocycles. The summed E-state index contributed by atoms with van der Waals surface area (Å²) >= 11 is 0. The Morgan fingerprint density at radius 2 is 1.88 bits per heavy atom. The Hall–Kier alpha value is -1.30. The molecule has 1 amide bonds. The molecule has 0 radical (unpaired) electrons. The molecule has 150 valence electrons. The van der Waals surface area contributed by atoms with E-state index in [1.807, 2.05) is 6.92 Å². The zero-order valence-electron chi connectivity index (χ0n) is 16.2. The molecular weight excluding hydrogens is 334 g/mol. The third kappa shape index (κ3) is 6.15. The van der Waals surface area contributed by atoms with E-state index < -0.39 is 5.97 Å². The van der Waals surface area contributed by atoms with Gasteiger partial charge in [0.15, 0.2) is 0 Å². The highest BCUT2D eigenvalue weighted by Gasteiger charge is 2.51. The van der Waals surface area contributed by atoms with Crippen LogP contribution in [0.2, 0.25) is 0 Å². The van der Waals surface area contributed by atoms with Crippen LogP contribution in [0.4, 0.5) is 4.79 Å². The standard InChI is InChI=1S/C20H35NO5/c1-3-4-13-21-20(24)25-14(2)19-15(16-11-12-17(19)26-16)9-7-5-6-8-10-18(22)23/h14-17,19H,3-13H2,1-2H3,(H,21,24)(H,22,23). The lowest BCUT2D eigenvalue weighted by Gasteiger charge is -2.32. The Morgan fingerprint density at radius 1 is 1.15 bits per heavy atom. The van der Waals surface area contributed by atoms with Crippen molar-refractivity contribution in [3.05, 3.63) is 0 Å². The van der Waals surface area contributed by atoms with Crippen LogP contribution in [0.3, 0.4) is 0 Å². The Labute approximate surface area is 157 Å². The minimum atomic E-state index is -0.713. The van der Waals surface area contributed by atoms with Crippen molar-refractivity contribution in [3.63, 3.8) is 0 Å². The van der Waals surface area contributed by atoms with E-state index in [1.54, 1.807) is 0 Å². The minimum absolute atomic E-state index is 0.135. The molecule has 2 rings (SSSR count). The number of carbonyl (C=O) groups excluding carboxylic acids is 1. The number of rotatable bonds is 12. The summed E-state index contributed by atoms with van der Waals surface area (Å²) in [4.78, 5) is 22.5. The van der Waals surface area contributed by atoms with Crippen molar-refractivity contribution < 1.29 is 24.2 Å². The van der Waals surface area contributed by atoms with Crippen LogP contribution in [0.15, 0.2) is 0 Å². The first kappa shape index (κ1) is 21.0. The fourth-order valence-electron chi connectivity index (χ4n) is 4.51. The molecule has 0 aromatic heterocycles. The molecule has 2 saturated heterocycles. The van der Waals surface area contributed by atoms with Crippen LogP contribution < -0.4 is 5.32 Å². The quantitative estimate of drug-likeness (QED) is 0.506. The van der Waals surface area contributed by atoms with E-state index in [9.17, 15) is 9.59 Å². The third-order valence-electron chi connectivity index (χ3n) is 5.80. The monoisotopic (exact) mass is 369 g/mol. The molecule has 0 aromatic carbocycles. The number of hydrogen-bond donors (Lipinski definition) is 2. The number of fused-ring (bicyclic) bond motifs is 2. The van der Waals surface area contributed by atoms with Crippen LogP contribution in [-0.2, 0) is 14.3 Å². The van der Waals surface area contributed by atoms with Gasteiger partial charge in [-0.1, -0.05) is 32.6 Å². The second kappa shape index (κ2) is 10.8.